The number of nitro benzene ring substituents is 1. The molecule has 9 heteroatoms. The highest BCUT2D eigenvalue weighted by molar-refractivity contribution is 6.30. The Kier molecular flexibility index (Phi) is 6.66. The average molecular weight is 418 g/mol. The van der Waals surface area contributed by atoms with Gasteiger partial charge in [-0.15, -0.1) is 0 Å². The van der Waals surface area contributed by atoms with Crippen molar-refractivity contribution in [2.45, 2.75) is 19.3 Å². The topological polar surface area (TPSA) is 102 Å². The summed E-state index contributed by atoms with van der Waals surface area (Å²) in [7, 11) is 0. The van der Waals surface area contributed by atoms with Crippen molar-refractivity contribution in [2.75, 3.05) is 19.6 Å². The van der Waals surface area contributed by atoms with E-state index in [2.05, 4.69) is 5.32 Å². The van der Waals surface area contributed by atoms with Gasteiger partial charge in [0, 0.05) is 42.7 Å². The SMILES string of the molecule is O=C(NCCCN1CCCC1=O)c1ccc(Oc2ccc(Cl)cc2[N+](=O)[O-])cc1. The Morgan fingerprint density at radius 1 is 1.24 bits per heavy atom. The Hall–Kier alpha value is -3.13. The van der Waals surface area contributed by atoms with Crippen molar-refractivity contribution in [3.05, 3.63) is 63.2 Å². The number of benzene rings is 2. The predicted octanol–water partition coefficient (Wildman–Crippen LogP) is 3.78. The molecule has 1 aliphatic rings. The second-order valence-electron chi connectivity index (χ2n) is 6.59. The molecule has 0 atom stereocenters. The van der Waals surface area contributed by atoms with Gasteiger partial charge < -0.3 is 15.0 Å². The van der Waals surface area contributed by atoms with Crippen LogP contribution in [0.1, 0.15) is 29.6 Å². The van der Waals surface area contributed by atoms with E-state index >= 15 is 0 Å². The van der Waals surface area contributed by atoms with Crippen LogP contribution in [0.15, 0.2) is 42.5 Å². The highest BCUT2D eigenvalue weighted by Gasteiger charge is 2.19. The largest absolute Gasteiger partial charge is 0.450 e. The lowest BCUT2D eigenvalue weighted by molar-refractivity contribution is -0.385. The summed E-state index contributed by atoms with van der Waals surface area (Å²) < 4.78 is 5.56. The lowest BCUT2D eigenvalue weighted by atomic mass is 10.2. The molecule has 2 aromatic rings. The molecular formula is C20H20ClN3O5. The van der Waals surface area contributed by atoms with Gasteiger partial charge in [-0.3, -0.25) is 19.7 Å². The number of carbonyl (C=O) groups is 2. The van der Waals surface area contributed by atoms with Crippen molar-refractivity contribution in [3.63, 3.8) is 0 Å². The van der Waals surface area contributed by atoms with Crippen LogP contribution in [-0.4, -0.2) is 41.3 Å². The second-order valence-corrected chi connectivity index (χ2v) is 7.03. The smallest absolute Gasteiger partial charge is 0.313 e. The van der Waals surface area contributed by atoms with Gasteiger partial charge in [-0.1, -0.05) is 11.6 Å². The van der Waals surface area contributed by atoms with E-state index in [0.29, 0.717) is 37.2 Å². The van der Waals surface area contributed by atoms with Gasteiger partial charge in [-0.05, 0) is 49.2 Å². The number of rotatable bonds is 8. The summed E-state index contributed by atoms with van der Waals surface area (Å²) in [5.41, 5.74) is 0.205. The fourth-order valence-electron chi connectivity index (χ4n) is 3.04. The van der Waals surface area contributed by atoms with Crippen LogP contribution in [0, 0.1) is 10.1 Å². The zero-order chi connectivity index (χ0) is 20.8. The van der Waals surface area contributed by atoms with Crippen LogP contribution in [0.4, 0.5) is 5.69 Å². The van der Waals surface area contributed by atoms with E-state index in [1.807, 2.05) is 4.90 Å². The Morgan fingerprint density at radius 2 is 2.00 bits per heavy atom. The van der Waals surface area contributed by atoms with Gasteiger partial charge in [-0.25, -0.2) is 0 Å². The van der Waals surface area contributed by atoms with Crippen molar-refractivity contribution in [1.82, 2.24) is 10.2 Å². The normalized spacial score (nSPS) is 13.4. The molecule has 0 aromatic heterocycles. The summed E-state index contributed by atoms with van der Waals surface area (Å²) in [4.78, 5) is 36.1. The molecule has 3 rings (SSSR count). The lowest BCUT2D eigenvalue weighted by Crippen LogP contribution is -2.30. The summed E-state index contributed by atoms with van der Waals surface area (Å²) in [6.45, 7) is 1.91. The van der Waals surface area contributed by atoms with Crippen LogP contribution in [0.3, 0.4) is 0 Å². The minimum absolute atomic E-state index is 0.0630. The first-order chi connectivity index (χ1) is 13.9. The molecule has 29 heavy (non-hydrogen) atoms. The van der Waals surface area contributed by atoms with Gasteiger partial charge >= 0.3 is 5.69 Å². The first-order valence-corrected chi connectivity index (χ1v) is 9.59. The third kappa shape index (κ3) is 5.45. The molecule has 152 valence electrons. The minimum atomic E-state index is -0.571. The van der Waals surface area contributed by atoms with Gasteiger partial charge in [-0.2, -0.15) is 0 Å². The number of hydrogen-bond acceptors (Lipinski definition) is 5. The molecule has 0 spiro atoms. The van der Waals surface area contributed by atoms with Crippen LogP contribution in [0.5, 0.6) is 11.5 Å². The van der Waals surface area contributed by atoms with Crippen molar-refractivity contribution in [3.8, 4) is 11.5 Å². The fraction of sp³-hybridized carbons (Fsp3) is 0.300. The Bertz CT molecular complexity index is 917. The van der Waals surface area contributed by atoms with E-state index in [4.69, 9.17) is 16.3 Å². The second kappa shape index (κ2) is 9.38. The molecule has 0 unspecified atom stereocenters. The van der Waals surface area contributed by atoms with Gasteiger partial charge in [0.15, 0.2) is 0 Å². The first kappa shape index (κ1) is 20.6. The van der Waals surface area contributed by atoms with Gasteiger partial charge in [0.2, 0.25) is 11.7 Å². The van der Waals surface area contributed by atoms with Crippen LogP contribution < -0.4 is 10.1 Å². The Morgan fingerprint density at radius 3 is 2.66 bits per heavy atom. The number of nitrogens with zero attached hydrogens (tertiary/aromatic N) is 2. The third-order valence-electron chi connectivity index (χ3n) is 4.52. The number of amides is 2. The standard InChI is InChI=1S/C20H20ClN3O5/c21-15-6-9-18(17(13-15)24(27)28)29-16-7-4-14(5-8-16)20(26)22-10-2-12-23-11-1-3-19(23)25/h4-9,13H,1-3,10-12H2,(H,22,26). The van der Waals surface area contributed by atoms with E-state index in [-0.39, 0.29) is 28.3 Å². The third-order valence-corrected chi connectivity index (χ3v) is 4.76. The van der Waals surface area contributed by atoms with E-state index < -0.39 is 4.92 Å². The average Bonchev–Trinajstić information content (AvgIpc) is 3.11. The molecule has 1 N–H and O–H groups in total. The van der Waals surface area contributed by atoms with Crippen LogP contribution in [-0.2, 0) is 4.79 Å². The van der Waals surface area contributed by atoms with Crippen LogP contribution >= 0.6 is 11.6 Å². The van der Waals surface area contributed by atoms with Crippen molar-refractivity contribution >= 4 is 29.1 Å². The van der Waals surface area contributed by atoms with E-state index in [9.17, 15) is 19.7 Å². The summed E-state index contributed by atoms with van der Waals surface area (Å²) in [6, 6.07) is 10.4. The number of nitrogens with one attached hydrogen (secondary N) is 1. The lowest BCUT2D eigenvalue weighted by Gasteiger charge is -2.15. The monoisotopic (exact) mass is 417 g/mol. The molecular weight excluding hydrogens is 398 g/mol. The number of nitro groups is 1. The molecule has 8 nitrogen and oxygen atoms in total. The van der Waals surface area contributed by atoms with Crippen molar-refractivity contribution in [2.24, 2.45) is 0 Å². The van der Waals surface area contributed by atoms with E-state index in [0.717, 1.165) is 13.0 Å². The van der Waals surface area contributed by atoms with E-state index in [1.165, 1.54) is 18.2 Å². The molecule has 1 saturated heterocycles. The summed E-state index contributed by atoms with van der Waals surface area (Å²) in [6.07, 6.45) is 2.21. The zero-order valence-corrected chi connectivity index (χ0v) is 16.4. The molecule has 1 aliphatic heterocycles. The number of halogens is 1. The fourth-order valence-corrected chi connectivity index (χ4v) is 3.20. The molecule has 2 amide bonds. The maximum Gasteiger partial charge on any atom is 0.313 e. The maximum atomic E-state index is 12.2. The number of carbonyl (C=O) groups excluding carboxylic acids is 2. The summed E-state index contributed by atoms with van der Waals surface area (Å²) >= 11 is 5.79. The van der Waals surface area contributed by atoms with Crippen molar-refractivity contribution in [1.29, 1.82) is 0 Å². The quantitative estimate of drug-likeness (QED) is 0.400. The first-order valence-electron chi connectivity index (χ1n) is 9.22. The van der Waals surface area contributed by atoms with Gasteiger partial charge in [0.1, 0.15) is 5.75 Å². The zero-order valence-electron chi connectivity index (χ0n) is 15.6. The predicted molar refractivity (Wildman–Crippen MR) is 107 cm³/mol. The molecule has 0 aliphatic carbocycles. The van der Waals surface area contributed by atoms with Crippen molar-refractivity contribution < 1.29 is 19.2 Å². The Labute approximate surface area is 172 Å². The molecule has 1 fully saturated rings. The number of likely N-dealkylation sites (tertiary alicyclic amines) is 1. The van der Waals surface area contributed by atoms with Gasteiger partial charge in [0.25, 0.3) is 5.91 Å². The molecule has 0 bridgehead atoms. The van der Waals surface area contributed by atoms with Crippen LogP contribution in [0.2, 0.25) is 5.02 Å². The molecule has 2 aromatic carbocycles. The summed E-state index contributed by atoms with van der Waals surface area (Å²) in [5, 5.41) is 14.2. The minimum Gasteiger partial charge on any atom is -0.450 e. The van der Waals surface area contributed by atoms with E-state index in [1.54, 1.807) is 24.3 Å². The maximum absolute atomic E-state index is 12.2. The number of ether oxygens (including phenoxy) is 1. The Balaban J connectivity index is 1.52. The molecule has 1 heterocycles. The van der Waals surface area contributed by atoms with Gasteiger partial charge in [0.05, 0.1) is 4.92 Å². The van der Waals surface area contributed by atoms with Crippen LogP contribution in [0.25, 0.3) is 0 Å². The highest BCUT2D eigenvalue weighted by Crippen LogP contribution is 2.33. The summed E-state index contributed by atoms with van der Waals surface area (Å²) in [5.74, 6) is 0.363. The molecule has 0 radical (unpaired) electrons. The highest BCUT2D eigenvalue weighted by atomic mass is 35.5. The number of hydrogen-bond donors (Lipinski definition) is 1. The molecule has 0 saturated carbocycles.